The van der Waals surface area contributed by atoms with Gasteiger partial charge in [-0.3, -0.25) is 0 Å². The van der Waals surface area contributed by atoms with Crippen molar-refractivity contribution >= 4 is 9.84 Å². The molecule has 1 N–H and O–H groups in total. The van der Waals surface area contributed by atoms with E-state index in [0.717, 1.165) is 31.7 Å². The molecular weight excluding hydrogens is 274 g/mol. The van der Waals surface area contributed by atoms with Gasteiger partial charge in [0.05, 0.1) is 18.1 Å². The highest BCUT2D eigenvalue weighted by atomic mass is 32.2. The topological polar surface area (TPSA) is 55.4 Å². The molecule has 0 bridgehead atoms. The first-order chi connectivity index (χ1) is 9.66. The average Bonchev–Trinajstić information content (AvgIpc) is 2.45. The van der Waals surface area contributed by atoms with Crippen LogP contribution in [0.4, 0.5) is 0 Å². The largest absolute Gasteiger partial charge is 0.494 e. The predicted octanol–water partition coefficient (Wildman–Crippen LogP) is 1.87. The fourth-order valence-corrected chi connectivity index (χ4v) is 4.22. The highest BCUT2D eigenvalue weighted by Gasteiger charge is 2.20. The molecule has 0 saturated carbocycles. The van der Waals surface area contributed by atoms with Crippen LogP contribution in [0.3, 0.4) is 0 Å². The zero-order chi connectivity index (χ0) is 14.3. The molecule has 1 saturated heterocycles. The van der Waals surface area contributed by atoms with E-state index in [4.69, 9.17) is 4.74 Å². The number of hydrogen-bond acceptors (Lipinski definition) is 4. The maximum Gasteiger partial charge on any atom is 0.150 e. The summed E-state index contributed by atoms with van der Waals surface area (Å²) in [5.41, 5.74) is 0. The van der Waals surface area contributed by atoms with Crippen LogP contribution in [0.1, 0.15) is 19.3 Å². The molecule has 0 aliphatic carbocycles. The van der Waals surface area contributed by atoms with Crippen LogP contribution in [0.5, 0.6) is 5.75 Å². The van der Waals surface area contributed by atoms with Gasteiger partial charge in [-0.1, -0.05) is 18.2 Å². The summed E-state index contributed by atoms with van der Waals surface area (Å²) < 4.78 is 29.6. The predicted molar refractivity (Wildman–Crippen MR) is 80.8 cm³/mol. The molecule has 20 heavy (non-hydrogen) atoms. The summed E-state index contributed by atoms with van der Waals surface area (Å²) in [6, 6.07) is 9.49. The van der Waals surface area contributed by atoms with Crippen molar-refractivity contribution in [3.05, 3.63) is 30.3 Å². The van der Waals surface area contributed by atoms with Crippen molar-refractivity contribution in [3.63, 3.8) is 0 Å². The van der Waals surface area contributed by atoms with Gasteiger partial charge in [-0.25, -0.2) is 8.42 Å². The summed E-state index contributed by atoms with van der Waals surface area (Å²) in [7, 11) is -2.96. The minimum absolute atomic E-state index is 0.219. The number of rotatable bonds is 7. The number of sulfone groups is 1. The number of piperidine rings is 1. The first-order valence-electron chi connectivity index (χ1n) is 7.25. The van der Waals surface area contributed by atoms with Crippen LogP contribution >= 0.6 is 0 Å². The van der Waals surface area contributed by atoms with Gasteiger partial charge in [0, 0.05) is 0 Å². The van der Waals surface area contributed by atoms with Crippen molar-refractivity contribution in [3.8, 4) is 5.75 Å². The fourth-order valence-electron chi connectivity index (χ4n) is 2.49. The molecule has 2 rings (SSSR count). The van der Waals surface area contributed by atoms with Gasteiger partial charge in [-0.05, 0) is 50.4 Å². The van der Waals surface area contributed by atoms with E-state index in [1.54, 1.807) is 0 Å². The molecule has 1 aliphatic rings. The maximum atomic E-state index is 12.0. The van der Waals surface area contributed by atoms with Crippen molar-refractivity contribution in [2.75, 3.05) is 31.2 Å². The summed E-state index contributed by atoms with van der Waals surface area (Å²) in [6.45, 7) is 2.30. The normalized spacial score (nSPS) is 19.7. The lowest BCUT2D eigenvalue weighted by Gasteiger charge is -2.22. The quantitative estimate of drug-likeness (QED) is 0.781. The molecule has 1 aromatic carbocycles. The van der Waals surface area contributed by atoms with Gasteiger partial charge < -0.3 is 10.1 Å². The third kappa shape index (κ3) is 5.51. The zero-order valence-corrected chi connectivity index (χ0v) is 12.6. The zero-order valence-electron chi connectivity index (χ0n) is 11.8. The molecule has 1 fully saturated rings. The average molecular weight is 297 g/mol. The minimum atomic E-state index is -2.96. The van der Waals surface area contributed by atoms with Crippen LogP contribution in [0.15, 0.2) is 30.3 Å². The molecule has 1 heterocycles. The fraction of sp³-hybridized carbons (Fsp3) is 0.600. The second-order valence-corrected chi connectivity index (χ2v) is 7.57. The van der Waals surface area contributed by atoms with Crippen LogP contribution in [0.2, 0.25) is 0 Å². The van der Waals surface area contributed by atoms with Crippen molar-refractivity contribution in [2.24, 2.45) is 5.92 Å². The third-order valence-corrected chi connectivity index (χ3v) is 5.39. The second-order valence-electron chi connectivity index (χ2n) is 5.34. The van der Waals surface area contributed by atoms with Gasteiger partial charge in [0.25, 0.3) is 0 Å². The molecule has 1 unspecified atom stereocenters. The van der Waals surface area contributed by atoms with E-state index >= 15 is 0 Å². The van der Waals surface area contributed by atoms with E-state index in [1.165, 1.54) is 0 Å². The molecule has 0 aromatic heterocycles. The maximum absolute atomic E-state index is 12.0. The Morgan fingerprint density at radius 3 is 2.75 bits per heavy atom. The lowest BCUT2D eigenvalue weighted by Crippen LogP contribution is -2.34. The van der Waals surface area contributed by atoms with Crippen molar-refractivity contribution in [2.45, 2.75) is 19.3 Å². The second kappa shape index (κ2) is 7.64. The Bertz CT molecular complexity index is 481. The van der Waals surface area contributed by atoms with Gasteiger partial charge in [0.15, 0.2) is 9.84 Å². The summed E-state index contributed by atoms with van der Waals surface area (Å²) in [5, 5.41) is 3.26. The molecule has 0 amide bonds. The number of nitrogens with one attached hydrogen (secondary N) is 1. The molecule has 112 valence electrons. The van der Waals surface area contributed by atoms with Gasteiger partial charge in [0.1, 0.15) is 5.75 Å². The van der Waals surface area contributed by atoms with Crippen LogP contribution < -0.4 is 10.1 Å². The Balaban J connectivity index is 1.67. The summed E-state index contributed by atoms with van der Waals surface area (Å²) >= 11 is 0. The van der Waals surface area contributed by atoms with E-state index in [1.807, 2.05) is 30.3 Å². The number of ether oxygens (including phenoxy) is 1. The smallest absolute Gasteiger partial charge is 0.150 e. The molecule has 0 radical (unpaired) electrons. The van der Waals surface area contributed by atoms with E-state index < -0.39 is 9.84 Å². The Morgan fingerprint density at radius 1 is 1.25 bits per heavy atom. The van der Waals surface area contributed by atoms with Crippen LogP contribution in [-0.4, -0.2) is 39.6 Å². The summed E-state index contributed by atoms with van der Waals surface area (Å²) in [5.74, 6) is 1.60. The van der Waals surface area contributed by atoms with Crippen molar-refractivity contribution in [1.82, 2.24) is 5.32 Å². The molecule has 1 aliphatic heterocycles. The molecule has 1 atom stereocenters. The van der Waals surface area contributed by atoms with E-state index in [-0.39, 0.29) is 11.7 Å². The number of benzene rings is 1. The van der Waals surface area contributed by atoms with Crippen molar-refractivity contribution < 1.29 is 13.2 Å². The van der Waals surface area contributed by atoms with Gasteiger partial charge >= 0.3 is 0 Å². The minimum Gasteiger partial charge on any atom is -0.494 e. The lowest BCUT2D eigenvalue weighted by molar-refractivity contribution is 0.317. The van der Waals surface area contributed by atoms with Crippen LogP contribution in [0.25, 0.3) is 0 Å². The molecule has 0 spiro atoms. The first kappa shape index (κ1) is 15.3. The monoisotopic (exact) mass is 297 g/mol. The van der Waals surface area contributed by atoms with Gasteiger partial charge in [-0.2, -0.15) is 0 Å². The molecule has 4 nitrogen and oxygen atoms in total. The SMILES string of the molecule is O=S(=O)(CCCOc1ccccc1)CC1CCCNC1. The van der Waals surface area contributed by atoms with E-state index in [2.05, 4.69) is 5.32 Å². The third-order valence-electron chi connectivity index (χ3n) is 3.50. The molecule has 1 aromatic rings. The summed E-state index contributed by atoms with van der Waals surface area (Å²) in [4.78, 5) is 0. The molecule has 5 heteroatoms. The van der Waals surface area contributed by atoms with Crippen molar-refractivity contribution in [1.29, 1.82) is 0 Å². The van der Waals surface area contributed by atoms with E-state index in [0.29, 0.717) is 18.8 Å². The van der Waals surface area contributed by atoms with Gasteiger partial charge in [-0.15, -0.1) is 0 Å². The van der Waals surface area contributed by atoms with Crippen LogP contribution in [-0.2, 0) is 9.84 Å². The first-order valence-corrected chi connectivity index (χ1v) is 9.07. The Morgan fingerprint density at radius 2 is 2.05 bits per heavy atom. The van der Waals surface area contributed by atoms with E-state index in [9.17, 15) is 8.42 Å². The molecular formula is C15H23NO3S. The highest BCUT2D eigenvalue weighted by Crippen LogP contribution is 2.14. The highest BCUT2D eigenvalue weighted by molar-refractivity contribution is 7.91. The number of hydrogen-bond donors (Lipinski definition) is 1. The van der Waals surface area contributed by atoms with Crippen LogP contribution in [0, 0.1) is 5.92 Å². The summed E-state index contributed by atoms with van der Waals surface area (Å²) in [6.07, 6.45) is 2.65. The standard InChI is InChI=1S/C15H23NO3S/c17-20(18,13-14-6-4-9-16-12-14)11-5-10-19-15-7-2-1-3-8-15/h1-3,7-8,14,16H,4-6,9-13H2. The Hall–Kier alpha value is -1.07. The Kier molecular flexibility index (Phi) is 5.86. The number of para-hydroxylation sites is 1. The lowest BCUT2D eigenvalue weighted by atomic mass is 10.0. The Labute approximate surface area is 121 Å². The van der Waals surface area contributed by atoms with Gasteiger partial charge in [0.2, 0.25) is 0 Å².